The first-order valence-corrected chi connectivity index (χ1v) is 11.7. The Labute approximate surface area is 202 Å². The summed E-state index contributed by atoms with van der Waals surface area (Å²) in [6.45, 7) is 10.3. The molecule has 0 saturated carbocycles. The minimum Gasteiger partial charge on any atom is -0.482 e. The first-order valence-electron chi connectivity index (χ1n) is 9.94. The van der Waals surface area contributed by atoms with Gasteiger partial charge in [0.2, 0.25) is 5.91 Å². The summed E-state index contributed by atoms with van der Waals surface area (Å²) in [5, 5.41) is 12.9. The molecular formula is C23H24Cl2N4O2S. The molecule has 6 nitrogen and oxygen atoms in total. The van der Waals surface area contributed by atoms with E-state index in [0.29, 0.717) is 33.3 Å². The van der Waals surface area contributed by atoms with E-state index in [-0.39, 0.29) is 17.8 Å². The van der Waals surface area contributed by atoms with E-state index in [2.05, 4.69) is 22.1 Å². The molecule has 1 aromatic heterocycles. The fourth-order valence-electron chi connectivity index (χ4n) is 3.01. The van der Waals surface area contributed by atoms with Crippen LogP contribution in [0.4, 0.5) is 5.69 Å². The third kappa shape index (κ3) is 5.85. The molecule has 3 aromatic rings. The predicted molar refractivity (Wildman–Crippen MR) is 131 cm³/mol. The quantitative estimate of drug-likeness (QED) is 0.283. The molecule has 0 radical (unpaired) electrons. The molecule has 0 aliphatic carbocycles. The summed E-state index contributed by atoms with van der Waals surface area (Å²) >= 11 is 13.3. The fraction of sp³-hybridized carbons (Fsp3) is 0.261. The molecule has 0 fully saturated rings. The van der Waals surface area contributed by atoms with Crippen molar-refractivity contribution in [3.63, 3.8) is 0 Å². The number of aromatic nitrogens is 3. The monoisotopic (exact) mass is 490 g/mol. The van der Waals surface area contributed by atoms with Crippen molar-refractivity contribution >= 4 is 46.6 Å². The third-order valence-electron chi connectivity index (χ3n) is 4.82. The van der Waals surface area contributed by atoms with Gasteiger partial charge in [-0.1, -0.05) is 53.2 Å². The lowest BCUT2D eigenvalue weighted by atomic mass is 10.1. The van der Waals surface area contributed by atoms with Gasteiger partial charge in [0.05, 0.1) is 16.5 Å². The molecule has 2 aromatic carbocycles. The van der Waals surface area contributed by atoms with Gasteiger partial charge >= 0.3 is 0 Å². The van der Waals surface area contributed by atoms with Crippen LogP contribution in [0, 0.1) is 13.8 Å². The second-order valence-corrected chi connectivity index (χ2v) is 8.95. The summed E-state index contributed by atoms with van der Waals surface area (Å²) in [7, 11) is 0. The molecule has 1 amide bonds. The standard InChI is InChI=1S/C23H24Cl2N4O2S/c1-5-11-29-22(16(4)31-20-8-6-7-14(2)15(20)3)27-28-23(29)32-13-21(30)26-19-10-9-17(24)12-18(19)25/h5-10,12,16H,1,11,13H2,2-4H3,(H,26,30). The number of halogens is 2. The van der Waals surface area contributed by atoms with Gasteiger partial charge in [-0.05, 0) is 56.2 Å². The Morgan fingerprint density at radius 3 is 2.78 bits per heavy atom. The highest BCUT2D eigenvalue weighted by atomic mass is 35.5. The van der Waals surface area contributed by atoms with E-state index in [1.165, 1.54) is 11.8 Å². The molecule has 1 heterocycles. The van der Waals surface area contributed by atoms with E-state index >= 15 is 0 Å². The van der Waals surface area contributed by atoms with Crippen molar-refractivity contribution in [2.75, 3.05) is 11.1 Å². The van der Waals surface area contributed by atoms with Crippen molar-refractivity contribution < 1.29 is 9.53 Å². The maximum absolute atomic E-state index is 12.4. The summed E-state index contributed by atoms with van der Waals surface area (Å²) in [6, 6.07) is 10.9. The van der Waals surface area contributed by atoms with Gasteiger partial charge in [-0.3, -0.25) is 9.36 Å². The van der Waals surface area contributed by atoms with Gasteiger partial charge in [0.15, 0.2) is 17.1 Å². The van der Waals surface area contributed by atoms with Crippen LogP contribution in [0.1, 0.15) is 30.0 Å². The molecule has 0 spiro atoms. The summed E-state index contributed by atoms with van der Waals surface area (Å²) in [5.74, 6) is 1.39. The van der Waals surface area contributed by atoms with Crippen LogP contribution in [0.25, 0.3) is 0 Å². The predicted octanol–water partition coefficient (Wildman–Crippen LogP) is 6.26. The van der Waals surface area contributed by atoms with Gasteiger partial charge in [0.1, 0.15) is 5.75 Å². The zero-order valence-corrected chi connectivity index (χ0v) is 20.4. The topological polar surface area (TPSA) is 69.0 Å². The SMILES string of the molecule is C=CCn1c(SCC(=O)Nc2ccc(Cl)cc2Cl)nnc1C(C)Oc1cccc(C)c1C. The van der Waals surface area contributed by atoms with Crippen LogP contribution in [0.2, 0.25) is 10.0 Å². The molecule has 3 rings (SSSR count). The molecule has 1 atom stereocenters. The van der Waals surface area contributed by atoms with E-state index in [1.807, 2.05) is 43.5 Å². The van der Waals surface area contributed by atoms with E-state index < -0.39 is 0 Å². The summed E-state index contributed by atoms with van der Waals surface area (Å²) in [4.78, 5) is 12.4. The molecule has 32 heavy (non-hydrogen) atoms. The molecule has 1 N–H and O–H groups in total. The highest BCUT2D eigenvalue weighted by molar-refractivity contribution is 7.99. The van der Waals surface area contributed by atoms with Gasteiger partial charge in [-0.15, -0.1) is 16.8 Å². The Balaban J connectivity index is 1.70. The number of benzene rings is 2. The zero-order valence-electron chi connectivity index (χ0n) is 18.1. The number of thioether (sulfide) groups is 1. The number of ether oxygens (including phenoxy) is 1. The molecule has 0 saturated heterocycles. The van der Waals surface area contributed by atoms with Gasteiger partial charge in [0, 0.05) is 11.6 Å². The van der Waals surface area contributed by atoms with E-state index in [0.717, 1.165) is 16.9 Å². The molecule has 0 aliphatic rings. The second kappa shape index (κ2) is 10.9. The number of allylic oxidation sites excluding steroid dienone is 1. The van der Waals surface area contributed by atoms with Gasteiger partial charge in [-0.2, -0.15) is 0 Å². The molecule has 0 aliphatic heterocycles. The zero-order chi connectivity index (χ0) is 23.3. The van der Waals surface area contributed by atoms with E-state index in [4.69, 9.17) is 27.9 Å². The van der Waals surface area contributed by atoms with Crippen molar-refractivity contribution in [1.82, 2.24) is 14.8 Å². The molecule has 168 valence electrons. The maximum atomic E-state index is 12.4. The van der Waals surface area contributed by atoms with Crippen LogP contribution >= 0.6 is 35.0 Å². The number of carbonyl (C=O) groups is 1. The Kier molecular flexibility index (Phi) is 8.23. The van der Waals surface area contributed by atoms with Crippen LogP contribution < -0.4 is 10.1 Å². The number of aryl methyl sites for hydroxylation is 1. The number of rotatable bonds is 9. The van der Waals surface area contributed by atoms with Gasteiger partial charge in [-0.25, -0.2) is 0 Å². The first-order chi connectivity index (χ1) is 15.3. The van der Waals surface area contributed by atoms with E-state index in [1.54, 1.807) is 24.3 Å². The Morgan fingerprint density at radius 1 is 1.28 bits per heavy atom. The largest absolute Gasteiger partial charge is 0.482 e. The van der Waals surface area contributed by atoms with Gasteiger partial charge < -0.3 is 10.1 Å². The lowest BCUT2D eigenvalue weighted by molar-refractivity contribution is -0.113. The molecule has 9 heteroatoms. The van der Waals surface area contributed by atoms with Crippen LogP contribution in [0.5, 0.6) is 5.75 Å². The number of amides is 1. The van der Waals surface area contributed by atoms with Crippen LogP contribution in [-0.4, -0.2) is 26.4 Å². The number of nitrogens with zero attached hydrogens (tertiary/aromatic N) is 3. The summed E-state index contributed by atoms with van der Waals surface area (Å²) in [5.41, 5.74) is 2.75. The Hall–Kier alpha value is -2.48. The third-order valence-corrected chi connectivity index (χ3v) is 6.33. The average Bonchev–Trinajstić information content (AvgIpc) is 3.15. The average molecular weight is 491 g/mol. The van der Waals surface area contributed by atoms with Crippen molar-refractivity contribution in [1.29, 1.82) is 0 Å². The minimum atomic E-state index is -0.334. The molecule has 1 unspecified atom stereocenters. The van der Waals surface area contributed by atoms with Crippen LogP contribution in [-0.2, 0) is 11.3 Å². The smallest absolute Gasteiger partial charge is 0.234 e. The lowest BCUT2D eigenvalue weighted by Crippen LogP contribution is -2.16. The molecular weight excluding hydrogens is 467 g/mol. The highest BCUT2D eigenvalue weighted by Gasteiger charge is 2.20. The number of nitrogens with one attached hydrogen (secondary N) is 1. The van der Waals surface area contributed by atoms with Crippen molar-refractivity contribution in [2.45, 2.75) is 38.6 Å². The molecule has 0 bridgehead atoms. The number of hydrogen-bond donors (Lipinski definition) is 1. The van der Waals surface area contributed by atoms with Crippen LogP contribution in [0.3, 0.4) is 0 Å². The normalized spacial score (nSPS) is 11.8. The number of anilines is 1. The summed E-state index contributed by atoms with van der Waals surface area (Å²) < 4.78 is 8.07. The highest BCUT2D eigenvalue weighted by Crippen LogP contribution is 2.29. The Morgan fingerprint density at radius 2 is 2.06 bits per heavy atom. The second-order valence-electron chi connectivity index (χ2n) is 7.16. The van der Waals surface area contributed by atoms with Crippen molar-refractivity contribution in [3.8, 4) is 5.75 Å². The Bertz CT molecular complexity index is 1130. The van der Waals surface area contributed by atoms with Crippen LogP contribution in [0.15, 0.2) is 54.2 Å². The van der Waals surface area contributed by atoms with Gasteiger partial charge in [0.25, 0.3) is 0 Å². The van der Waals surface area contributed by atoms with Crippen molar-refractivity contribution in [3.05, 3.63) is 76.0 Å². The fourth-order valence-corrected chi connectivity index (χ4v) is 4.22. The summed E-state index contributed by atoms with van der Waals surface area (Å²) in [6.07, 6.45) is 1.42. The first kappa shape index (κ1) is 24.2. The lowest BCUT2D eigenvalue weighted by Gasteiger charge is -2.18. The number of carbonyl (C=O) groups excluding carboxylic acids is 1. The minimum absolute atomic E-state index is 0.139. The van der Waals surface area contributed by atoms with Crippen molar-refractivity contribution in [2.24, 2.45) is 0 Å². The number of hydrogen-bond acceptors (Lipinski definition) is 5. The maximum Gasteiger partial charge on any atom is 0.234 e. The van der Waals surface area contributed by atoms with E-state index in [9.17, 15) is 4.79 Å².